The summed E-state index contributed by atoms with van der Waals surface area (Å²) in [6.07, 6.45) is 0.641. The molecule has 60 heavy (non-hydrogen) atoms. The quantitative estimate of drug-likeness (QED) is 0.154. The van der Waals surface area contributed by atoms with Crippen molar-refractivity contribution in [2.75, 3.05) is 0 Å². The number of carbonyl (C=O) groups is 4. The lowest BCUT2D eigenvalue weighted by molar-refractivity contribution is -0.152. The highest BCUT2D eigenvalue weighted by Crippen LogP contribution is 2.48. The van der Waals surface area contributed by atoms with E-state index in [4.69, 9.17) is 0 Å². The van der Waals surface area contributed by atoms with Crippen LogP contribution in [-0.2, 0) is 32.0 Å². The summed E-state index contributed by atoms with van der Waals surface area (Å²) >= 11 is 0. The molecule has 0 saturated carbocycles. The number of hydrogen-bond donors (Lipinski definition) is 0. The average Bonchev–Trinajstić information content (AvgIpc) is 3.29. The molecule has 0 bridgehead atoms. The first-order valence-corrected chi connectivity index (χ1v) is 21.1. The van der Waals surface area contributed by atoms with Gasteiger partial charge in [-0.25, -0.2) is 0 Å². The number of amides is 2. The molecule has 8 atom stereocenters. The van der Waals surface area contributed by atoms with E-state index < -0.39 is 0 Å². The zero-order valence-corrected chi connectivity index (χ0v) is 34.9. The smallest absolute Gasteiger partial charge is 0.228 e. The number of piperidine rings is 2. The molecular weight excluding hydrogens is 741 g/mol. The molecule has 6 heteroatoms. The van der Waals surface area contributed by atoms with Gasteiger partial charge in [-0.05, 0) is 33.4 Å². The van der Waals surface area contributed by atoms with Crippen molar-refractivity contribution in [3.8, 4) is 0 Å². The summed E-state index contributed by atoms with van der Waals surface area (Å²) in [5.41, 5.74) is 6.00. The molecule has 0 unspecified atom stereocenters. The number of ketones is 2. The van der Waals surface area contributed by atoms with Crippen molar-refractivity contribution in [1.29, 1.82) is 0 Å². The van der Waals surface area contributed by atoms with Gasteiger partial charge in [0.15, 0.2) is 0 Å². The molecule has 0 aliphatic carbocycles. The lowest BCUT2D eigenvalue weighted by Gasteiger charge is -2.48. The van der Waals surface area contributed by atoms with Crippen molar-refractivity contribution >= 4 is 23.4 Å². The minimum absolute atomic E-state index is 0.0510. The molecule has 0 radical (unpaired) electrons. The van der Waals surface area contributed by atoms with Gasteiger partial charge in [0.25, 0.3) is 0 Å². The minimum atomic E-state index is -0.281. The second-order valence-electron chi connectivity index (χ2n) is 16.3. The molecule has 8 rings (SSSR count). The average molecular weight is 795 g/mol. The summed E-state index contributed by atoms with van der Waals surface area (Å²) in [4.78, 5) is 58.0. The lowest BCUT2D eigenvalue weighted by Crippen LogP contribution is -2.52. The van der Waals surface area contributed by atoms with E-state index in [1.54, 1.807) is 0 Å². The molecule has 6 nitrogen and oxygen atoms in total. The topological polar surface area (TPSA) is 74.8 Å². The van der Waals surface area contributed by atoms with Gasteiger partial charge in [-0.1, -0.05) is 210 Å². The molecule has 2 saturated heterocycles. The lowest BCUT2D eigenvalue weighted by atomic mass is 9.74. The van der Waals surface area contributed by atoms with Crippen LogP contribution in [0.2, 0.25) is 0 Å². The zero-order chi connectivity index (χ0) is 42.2. The van der Waals surface area contributed by atoms with Crippen LogP contribution in [0.5, 0.6) is 0 Å². The fourth-order valence-electron chi connectivity index (χ4n) is 9.50. The molecule has 6 aromatic rings. The Morgan fingerprint density at radius 1 is 0.350 bits per heavy atom. The maximum atomic E-state index is 13.7. The van der Waals surface area contributed by atoms with E-state index in [1.165, 1.54) is 0 Å². The summed E-state index contributed by atoms with van der Waals surface area (Å²) in [5, 5.41) is 0. The van der Waals surface area contributed by atoms with Crippen molar-refractivity contribution in [3.63, 3.8) is 0 Å². The van der Waals surface area contributed by atoms with Crippen LogP contribution in [0.3, 0.4) is 0 Å². The van der Waals surface area contributed by atoms with Crippen LogP contribution in [0.4, 0.5) is 0 Å². The number of rotatable bonds is 8. The van der Waals surface area contributed by atoms with Crippen LogP contribution >= 0.6 is 0 Å². The van der Waals surface area contributed by atoms with Crippen molar-refractivity contribution in [2.45, 2.75) is 64.7 Å². The van der Waals surface area contributed by atoms with E-state index in [-0.39, 0.29) is 71.2 Å². The Balaban J connectivity index is 0.000000181. The van der Waals surface area contributed by atoms with Crippen molar-refractivity contribution in [3.05, 3.63) is 215 Å². The summed E-state index contributed by atoms with van der Waals surface area (Å²) in [6.45, 7) is 7.84. The van der Waals surface area contributed by atoms with Gasteiger partial charge >= 0.3 is 0 Å². The monoisotopic (exact) mass is 794 g/mol. The van der Waals surface area contributed by atoms with Gasteiger partial charge in [0, 0.05) is 23.7 Å². The normalized spacial score (nSPS) is 23.9. The predicted molar refractivity (Wildman–Crippen MR) is 237 cm³/mol. The van der Waals surface area contributed by atoms with Crippen LogP contribution in [0, 0.1) is 23.7 Å². The molecular formula is C54H54N2O4. The van der Waals surface area contributed by atoms with Crippen LogP contribution in [-0.4, -0.2) is 33.2 Å². The van der Waals surface area contributed by atoms with Crippen LogP contribution in [0.25, 0.3) is 0 Å². The van der Waals surface area contributed by atoms with Crippen molar-refractivity contribution in [1.82, 2.24) is 9.80 Å². The van der Waals surface area contributed by atoms with Crippen LogP contribution in [0.15, 0.2) is 182 Å². The molecule has 304 valence electrons. The number of hydrogen-bond acceptors (Lipinski definition) is 4. The Kier molecular flexibility index (Phi) is 13.3. The maximum Gasteiger partial charge on any atom is 0.228 e. The molecule has 2 amide bonds. The molecule has 0 aromatic heterocycles. The van der Waals surface area contributed by atoms with Gasteiger partial charge in [0.1, 0.15) is 11.6 Å². The molecule has 0 N–H and O–H groups in total. The van der Waals surface area contributed by atoms with Crippen LogP contribution < -0.4 is 0 Å². The Bertz CT molecular complexity index is 2060. The minimum Gasteiger partial charge on any atom is -0.327 e. The molecule has 0 spiro atoms. The number of carbonyl (C=O) groups excluding carboxylic acids is 4. The molecule has 2 aliphatic heterocycles. The first-order chi connectivity index (χ1) is 29.2. The zero-order valence-electron chi connectivity index (χ0n) is 34.9. The Morgan fingerprint density at radius 3 is 0.767 bits per heavy atom. The van der Waals surface area contributed by atoms with Crippen molar-refractivity contribution in [2.24, 2.45) is 23.7 Å². The SMILES string of the molecule is C[C@@H]1C(=O)[C@H](C)[C@@H](c2ccccc2)N(C(=O)Cc2ccccc2)[C@H]1c1ccccc1.C[C@@H]1C(=O)[C@H](C)[C@@H](c2ccccc2)N(C(=O)Cc2ccccc2)[C@H]1c1ccccc1. The van der Waals surface area contributed by atoms with E-state index in [9.17, 15) is 19.2 Å². The summed E-state index contributed by atoms with van der Waals surface area (Å²) in [7, 11) is 0. The first kappa shape index (κ1) is 41.7. The second-order valence-corrected chi connectivity index (χ2v) is 16.3. The number of benzene rings is 6. The number of Topliss-reactive ketones (excluding diaryl/α,β-unsaturated/α-hetero) is 2. The fraction of sp³-hybridized carbons (Fsp3) is 0.259. The molecule has 6 aromatic carbocycles. The number of likely N-dealkylation sites (tertiary alicyclic amines) is 2. The summed E-state index contributed by atoms with van der Waals surface area (Å²) in [5.74, 6) is -0.526. The van der Waals surface area contributed by atoms with Gasteiger partial charge in [-0.15, -0.1) is 0 Å². The maximum absolute atomic E-state index is 13.7. The first-order valence-electron chi connectivity index (χ1n) is 21.1. The fourth-order valence-corrected chi connectivity index (χ4v) is 9.50. The summed E-state index contributed by atoms with van der Waals surface area (Å²) in [6, 6.07) is 58.4. The standard InChI is InChI=1S/2C27H27NO2/c2*1-19-25(22-14-8-4-9-15-22)28(24(29)18-21-12-6-3-7-13-21)26(20(2)27(19)30)23-16-10-5-11-17-23/h2*3-17,19-20,25-26H,18H2,1-2H3/t2*19-,20+,25+,26-. The highest BCUT2D eigenvalue weighted by atomic mass is 16.2. The Labute approximate surface area is 354 Å². The van der Waals surface area contributed by atoms with Gasteiger partial charge in [0.05, 0.1) is 37.0 Å². The second kappa shape index (κ2) is 19.1. The van der Waals surface area contributed by atoms with Gasteiger partial charge in [-0.2, -0.15) is 0 Å². The van der Waals surface area contributed by atoms with Crippen molar-refractivity contribution < 1.29 is 19.2 Å². The van der Waals surface area contributed by atoms with E-state index >= 15 is 0 Å². The third-order valence-corrected chi connectivity index (χ3v) is 12.4. The van der Waals surface area contributed by atoms with Gasteiger partial charge in [-0.3, -0.25) is 19.2 Å². The highest BCUT2D eigenvalue weighted by Gasteiger charge is 2.49. The van der Waals surface area contributed by atoms with Gasteiger partial charge < -0.3 is 9.80 Å². The van der Waals surface area contributed by atoms with Crippen LogP contribution in [0.1, 0.15) is 85.2 Å². The third kappa shape index (κ3) is 8.93. The third-order valence-electron chi connectivity index (χ3n) is 12.4. The van der Waals surface area contributed by atoms with E-state index in [0.29, 0.717) is 12.8 Å². The van der Waals surface area contributed by atoms with E-state index in [0.717, 1.165) is 33.4 Å². The number of nitrogens with zero attached hydrogens (tertiary/aromatic N) is 2. The largest absolute Gasteiger partial charge is 0.327 e. The highest BCUT2D eigenvalue weighted by molar-refractivity contribution is 5.90. The predicted octanol–water partition coefficient (Wildman–Crippen LogP) is 10.8. The molecule has 2 heterocycles. The Morgan fingerprint density at radius 2 is 0.550 bits per heavy atom. The van der Waals surface area contributed by atoms with E-state index in [1.807, 2.05) is 219 Å². The summed E-state index contributed by atoms with van der Waals surface area (Å²) < 4.78 is 0. The molecule has 2 aliphatic rings. The Hall–Kier alpha value is -6.40. The molecule has 2 fully saturated rings. The van der Waals surface area contributed by atoms with Gasteiger partial charge in [0.2, 0.25) is 11.8 Å². The van der Waals surface area contributed by atoms with E-state index in [2.05, 4.69) is 0 Å².